The van der Waals surface area contributed by atoms with Crippen molar-refractivity contribution in [2.24, 2.45) is 22.9 Å². The summed E-state index contributed by atoms with van der Waals surface area (Å²) in [5.41, 5.74) is 22.4. The molecule has 0 aliphatic rings. The number of hydrogen-bond donors (Lipinski definition) is 6. The van der Waals surface area contributed by atoms with Crippen molar-refractivity contribution in [2.75, 3.05) is 68.3 Å². The lowest BCUT2D eigenvalue weighted by Crippen LogP contribution is -2.39. The summed E-state index contributed by atoms with van der Waals surface area (Å²) in [6.07, 6.45) is -0.321. The number of anilines is 6. The van der Waals surface area contributed by atoms with Crippen LogP contribution in [0, 0.1) is 0 Å². The van der Waals surface area contributed by atoms with Gasteiger partial charge in [0.25, 0.3) is 40.1 Å². The number of nitrogens with two attached hydrogens (primary N) is 4. The molecule has 0 unspecified atom stereocenters. The topological polar surface area (TPSA) is 399 Å². The number of nitrogens with one attached hydrogen (secondary N) is 2. The normalized spacial score (nSPS) is 11.7. The summed E-state index contributed by atoms with van der Waals surface area (Å²) < 4.78 is 127. The second kappa shape index (κ2) is 26.8. The molecule has 464 valence electrons. The maximum Gasteiger partial charge on any atom is 0.264 e. The maximum absolute atomic E-state index is 14.4. The molecule has 0 saturated heterocycles. The van der Waals surface area contributed by atoms with Gasteiger partial charge in [0.05, 0.1) is 56.6 Å². The van der Waals surface area contributed by atoms with E-state index in [-0.39, 0.29) is 94.5 Å². The number of ether oxygens (including phenoxy) is 2. The molecule has 10 N–H and O–H groups in total. The monoisotopic (exact) mass is 1290 g/mol. The van der Waals surface area contributed by atoms with Crippen molar-refractivity contribution in [2.45, 2.75) is 38.8 Å². The van der Waals surface area contributed by atoms with Gasteiger partial charge in [0.1, 0.15) is 37.7 Å². The summed E-state index contributed by atoms with van der Waals surface area (Å²) in [5, 5.41) is 5.88. The molecule has 0 spiro atoms. The molecule has 0 radical (unpaired) electrons. The molecule has 0 fully saturated rings. The lowest BCUT2D eigenvalue weighted by atomic mass is 10.1. The zero-order chi connectivity index (χ0) is 64.6. The highest BCUT2D eigenvalue weighted by molar-refractivity contribution is 7.93. The number of methoxy groups -OCH3 is 2. The third-order valence-electron chi connectivity index (χ3n) is 13.6. The first kappa shape index (κ1) is 64.7. The van der Waals surface area contributed by atoms with Crippen LogP contribution in [0.5, 0.6) is 11.5 Å². The Kier molecular flexibility index (Phi) is 19.5. The second-order valence-corrected chi connectivity index (χ2v) is 27.0. The van der Waals surface area contributed by atoms with E-state index in [4.69, 9.17) is 32.4 Å². The number of sulfonamides is 4. The number of fused-ring (bicyclic) bond motifs is 2. The van der Waals surface area contributed by atoms with E-state index in [9.17, 15) is 62.4 Å². The molecule has 0 heterocycles. The van der Waals surface area contributed by atoms with E-state index in [2.05, 4.69) is 10.6 Å². The summed E-state index contributed by atoms with van der Waals surface area (Å²) in [4.78, 5) is 74.8. The first-order valence-corrected chi connectivity index (χ1v) is 32.3. The fourth-order valence-corrected chi connectivity index (χ4v) is 15.2. The van der Waals surface area contributed by atoms with Crippen LogP contribution in [0.15, 0.2) is 189 Å². The summed E-state index contributed by atoms with van der Waals surface area (Å²) in [6.45, 7) is -3.31. The lowest BCUT2D eigenvalue weighted by Gasteiger charge is -2.28. The van der Waals surface area contributed by atoms with Crippen LogP contribution < -0.4 is 60.3 Å². The molecule has 26 nitrogen and oxygen atoms in total. The molecule has 0 saturated carbocycles. The summed E-state index contributed by atoms with van der Waals surface area (Å²) in [5.74, 6) is -4.43. The van der Waals surface area contributed by atoms with Crippen molar-refractivity contribution in [3.8, 4) is 11.5 Å². The van der Waals surface area contributed by atoms with Crippen LogP contribution in [0.25, 0.3) is 21.5 Å². The molecule has 0 aromatic heterocycles. The average Bonchev–Trinajstić information content (AvgIpc) is 0.803. The maximum atomic E-state index is 14.4. The van der Waals surface area contributed by atoms with Crippen molar-refractivity contribution in [1.29, 1.82) is 0 Å². The number of nitrogens with zero attached hydrogens (tertiary/aromatic N) is 4. The molecule has 89 heavy (non-hydrogen) atoms. The Bertz CT molecular complexity index is 4240. The van der Waals surface area contributed by atoms with E-state index < -0.39 is 102 Å². The quantitative estimate of drug-likeness (QED) is 0.0394. The number of amides is 6. The van der Waals surface area contributed by atoms with Crippen LogP contribution in [0.2, 0.25) is 0 Å². The van der Waals surface area contributed by atoms with Gasteiger partial charge in [0, 0.05) is 45.8 Å². The number of carbonyl (C=O) groups excluding carboxylic acids is 6. The third kappa shape index (κ3) is 14.4. The van der Waals surface area contributed by atoms with Gasteiger partial charge in [-0.1, -0.05) is 48.5 Å². The van der Waals surface area contributed by atoms with Crippen LogP contribution in [-0.2, 0) is 68.9 Å². The number of hydrogen-bond acceptors (Lipinski definition) is 16. The summed E-state index contributed by atoms with van der Waals surface area (Å²) >= 11 is 0. The second-order valence-electron chi connectivity index (χ2n) is 19.6. The van der Waals surface area contributed by atoms with Crippen LogP contribution in [-0.4, -0.2) is 110 Å². The Hall–Kier alpha value is -10.3. The van der Waals surface area contributed by atoms with Crippen molar-refractivity contribution >= 4 is 131 Å². The Morgan fingerprint density at radius 1 is 0.348 bits per heavy atom. The predicted octanol–water partition coefficient (Wildman–Crippen LogP) is 4.48. The van der Waals surface area contributed by atoms with Crippen LogP contribution in [0.1, 0.15) is 19.3 Å². The molecule has 0 aliphatic carbocycles. The highest BCUT2D eigenvalue weighted by Crippen LogP contribution is 2.41. The highest BCUT2D eigenvalue weighted by Gasteiger charge is 2.34. The largest absolute Gasteiger partial charge is 0.497 e. The van der Waals surface area contributed by atoms with Gasteiger partial charge in [-0.15, -0.1) is 0 Å². The van der Waals surface area contributed by atoms with Gasteiger partial charge in [0.2, 0.25) is 35.4 Å². The summed E-state index contributed by atoms with van der Waals surface area (Å²) in [6, 6.07) is 37.9. The van der Waals surface area contributed by atoms with Crippen LogP contribution in [0.3, 0.4) is 0 Å². The van der Waals surface area contributed by atoms with Crippen molar-refractivity contribution in [3.63, 3.8) is 0 Å². The molecule has 6 amide bonds. The third-order valence-corrected chi connectivity index (χ3v) is 20.7. The van der Waals surface area contributed by atoms with Crippen molar-refractivity contribution < 1.29 is 71.9 Å². The molecule has 30 heteroatoms. The average molecular weight is 1290 g/mol. The van der Waals surface area contributed by atoms with E-state index >= 15 is 0 Å². The van der Waals surface area contributed by atoms with Crippen molar-refractivity contribution in [1.82, 2.24) is 0 Å². The van der Waals surface area contributed by atoms with Gasteiger partial charge < -0.3 is 43.0 Å². The molecule has 0 aliphatic heterocycles. The minimum atomic E-state index is -4.64. The number of rotatable bonds is 28. The first-order chi connectivity index (χ1) is 42.2. The van der Waals surface area contributed by atoms with E-state index in [1.165, 1.54) is 160 Å². The smallest absolute Gasteiger partial charge is 0.264 e. The van der Waals surface area contributed by atoms with Gasteiger partial charge >= 0.3 is 0 Å². The Labute approximate surface area is 511 Å². The fraction of sp³-hybridized carbons (Fsp3) is 0.153. The zero-order valence-electron chi connectivity index (χ0n) is 47.4. The first-order valence-electron chi connectivity index (χ1n) is 26.5. The summed E-state index contributed by atoms with van der Waals surface area (Å²) in [7, 11) is -15.4. The lowest BCUT2D eigenvalue weighted by molar-refractivity contribution is -0.118. The van der Waals surface area contributed by atoms with E-state index in [0.29, 0.717) is 11.5 Å². The van der Waals surface area contributed by atoms with E-state index in [0.717, 1.165) is 17.2 Å². The number of carbonyl (C=O) groups is 6. The van der Waals surface area contributed by atoms with Crippen molar-refractivity contribution in [3.05, 3.63) is 170 Å². The molecule has 8 aromatic rings. The SMILES string of the molecule is COc1ccc(S(=O)(=O)N(CC(N)=O)c2ccc(N(CC(N)=O)S(=O)(=O)c3ccc(NC(=O)CCCC(=O)Nc4ccc(S(=O)(=O)N(CC(N)=O)c5ccc(N(CC(N)=O)S(=O)(=O)c6ccc(OC)cc6)c6ccccc56)cc4)cc3)c3ccccc23)cc1. The Balaban J connectivity index is 0.924. The van der Waals surface area contributed by atoms with E-state index in [1.807, 2.05) is 0 Å². The molecule has 0 bridgehead atoms. The molecule has 0 atom stereocenters. The minimum absolute atomic E-state index is 0.0294. The van der Waals surface area contributed by atoms with Crippen LogP contribution in [0.4, 0.5) is 34.1 Å². The number of benzene rings is 8. The predicted molar refractivity (Wildman–Crippen MR) is 333 cm³/mol. The van der Waals surface area contributed by atoms with Gasteiger partial charge in [-0.05, 0) is 128 Å². The Morgan fingerprint density at radius 3 is 0.787 bits per heavy atom. The molecular formula is C59H58N10O16S4. The zero-order valence-corrected chi connectivity index (χ0v) is 50.6. The van der Waals surface area contributed by atoms with Crippen LogP contribution >= 0.6 is 0 Å². The molecule has 8 aromatic carbocycles. The minimum Gasteiger partial charge on any atom is -0.497 e. The highest BCUT2D eigenvalue weighted by atomic mass is 32.2. The van der Waals surface area contributed by atoms with Gasteiger partial charge in [0.15, 0.2) is 0 Å². The fourth-order valence-electron chi connectivity index (χ4n) is 9.45. The number of primary amides is 4. The van der Waals surface area contributed by atoms with E-state index in [1.54, 1.807) is 24.3 Å². The molecule has 8 rings (SSSR count). The Morgan fingerprint density at radius 2 is 0.573 bits per heavy atom. The van der Waals surface area contributed by atoms with Gasteiger partial charge in [-0.3, -0.25) is 46.0 Å². The standard InChI is InChI=1S/C59H58N10O16S4/c1-84-40-18-26-44(27-19-40)88(80,81)68(36-56(62)72)52-32-30-50(46-8-3-5-10-48(46)52)66(34-54(60)70)86(76,77)42-22-14-38(15-23-42)64-58(74)12-7-13-59(75)65-39-16-24-43(25-17-39)87(78,79)67(35-55(61)71)51-31-33-53(49-11-6-4-9-47(49)51)69(37-57(63)73)89(82,83)45-28-20-41(85-2)21-29-45/h3-6,8-11,14-33H,7,12-13,34-37H2,1-2H3,(H2,60,70)(H2,61,71)(H2,62,72)(H2,63,73)(H,64,74)(H,65,75). The molecular weight excluding hydrogens is 1230 g/mol. The van der Waals surface area contributed by atoms with Gasteiger partial charge in [-0.2, -0.15) is 0 Å². The van der Waals surface area contributed by atoms with Gasteiger partial charge in [-0.25, -0.2) is 33.7 Å².